The number of hydrogen-bond donors (Lipinski definition) is 0. The summed E-state index contributed by atoms with van der Waals surface area (Å²) in [5.74, 6) is 1.11. The Morgan fingerprint density at radius 3 is 2.27 bits per heavy atom. The van der Waals surface area contributed by atoms with Crippen molar-refractivity contribution in [2.24, 2.45) is 0 Å². The molecule has 7 nitrogen and oxygen atoms in total. The summed E-state index contributed by atoms with van der Waals surface area (Å²) in [5.41, 5.74) is 1.66. The van der Waals surface area contributed by atoms with Crippen molar-refractivity contribution in [3.8, 4) is 11.5 Å². The van der Waals surface area contributed by atoms with Crippen molar-refractivity contribution < 1.29 is 22.7 Å². The Morgan fingerprint density at radius 1 is 1.07 bits per heavy atom. The van der Waals surface area contributed by atoms with Gasteiger partial charge in [0, 0.05) is 20.1 Å². The first-order valence-electron chi connectivity index (χ1n) is 9.83. The van der Waals surface area contributed by atoms with Crippen LogP contribution in [0.1, 0.15) is 25.0 Å². The van der Waals surface area contributed by atoms with Gasteiger partial charge in [0.25, 0.3) is 0 Å². The van der Waals surface area contributed by atoms with Crippen molar-refractivity contribution in [1.29, 1.82) is 0 Å². The number of rotatable bonds is 10. The van der Waals surface area contributed by atoms with Crippen molar-refractivity contribution in [3.63, 3.8) is 0 Å². The third-order valence-corrected chi connectivity index (χ3v) is 6.67. The van der Waals surface area contributed by atoms with E-state index in [1.807, 2.05) is 31.2 Å². The average Bonchev–Trinajstić information content (AvgIpc) is 2.73. The lowest BCUT2D eigenvalue weighted by molar-refractivity contribution is -0.130. The topological polar surface area (TPSA) is 76.2 Å². The molecule has 0 radical (unpaired) electrons. The van der Waals surface area contributed by atoms with Crippen LogP contribution in [0.4, 0.5) is 0 Å². The number of methoxy groups -OCH3 is 1. The highest BCUT2D eigenvalue weighted by Crippen LogP contribution is 2.24. The zero-order valence-corrected chi connectivity index (χ0v) is 19.0. The Balaban J connectivity index is 2.11. The highest BCUT2D eigenvalue weighted by Gasteiger charge is 2.27. The van der Waals surface area contributed by atoms with E-state index in [2.05, 4.69) is 0 Å². The molecule has 0 N–H and O–H groups in total. The number of amides is 1. The maximum absolute atomic E-state index is 13.1. The maximum atomic E-state index is 13.1. The SMILES string of the molecule is CCOc1ccc(S(=O)(=O)N(CC)CC(=O)N(C)Cc2ccc(OC)cc2)cc1C. The molecule has 8 heteroatoms. The number of nitrogens with zero attached hydrogens (tertiary/aromatic N) is 2. The Hall–Kier alpha value is -2.58. The molecule has 0 aliphatic heterocycles. The van der Waals surface area contributed by atoms with Gasteiger partial charge in [0.1, 0.15) is 11.5 Å². The van der Waals surface area contributed by atoms with Gasteiger partial charge in [-0.2, -0.15) is 4.31 Å². The van der Waals surface area contributed by atoms with Crippen molar-refractivity contribution in [2.45, 2.75) is 32.2 Å². The Kier molecular flexibility index (Phi) is 8.25. The summed E-state index contributed by atoms with van der Waals surface area (Å²) in [5, 5.41) is 0. The van der Waals surface area contributed by atoms with Gasteiger partial charge >= 0.3 is 0 Å². The van der Waals surface area contributed by atoms with Crippen molar-refractivity contribution >= 4 is 15.9 Å². The highest BCUT2D eigenvalue weighted by atomic mass is 32.2. The number of likely N-dealkylation sites (N-methyl/N-ethyl adjacent to an activating group) is 2. The van der Waals surface area contributed by atoms with Gasteiger partial charge in [0.15, 0.2) is 0 Å². The smallest absolute Gasteiger partial charge is 0.243 e. The minimum absolute atomic E-state index is 0.149. The summed E-state index contributed by atoms with van der Waals surface area (Å²) in [6.07, 6.45) is 0. The van der Waals surface area contributed by atoms with Gasteiger partial charge < -0.3 is 14.4 Å². The number of carbonyl (C=O) groups excluding carboxylic acids is 1. The zero-order chi connectivity index (χ0) is 22.3. The summed E-state index contributed by atoms with van der Waals surface area (Å²) >= 11 is 0. The molecule has 0 saturated carbocycles. The minimum atomic E-state index is -3.80. The molecule has 0 bridgehead atoms. The van der Waals surface area contributed by atoms with E-state index in [1.165, 1.54) is 15.3 Å². The molecule has 0 heterocycles. The van der Waals surface area contributed by atoms with Gasteiger partial charge in [-0.1, -0.05) is 19.1 Å². The molecular formula is C22H30N2O5S. The summed E-state index contributed by atoms with van der Waals surface area (Å²) in [7, 11) is -0.548. The average molecular weight is 435 g/mol. The summed E-state index contributed by atoms with van der Waals surface area (Å²) < 4.78 is 38.0. The number of carbonyl (C=O) groups is 1. The van der Waals surface area contributed by atoms with Crippen LogP contribution >= 0.6 is 0 Å². The number of ether oxygens (including phenoxy) is 2. The van der Waals surface area contributed by atoms with Crippen LogP contribution < -0.4 is 9.47 Å². The van der Waals surface area contributed by atoms with Gasteiger partial charge in [-0.05, 0) is 55.3 Å². The first-order valence-corrected chi connectivity index (χ1v) is 11.3. The molecule has 0 atom stereocenters. The van der Waals surface area contributed by atoms with E-state index >= 15 is 0 Å². The van der Waals surface area contributed by atoms with E-state index in [0.717, 1.165) is 16.9 Å². The number of aryl methyl sites for hydroxylation is 1. The van der Waals surface area contributed by atoms with Crippen LogP contribution in [0.15, 0.2) is 47.4 Å². The largest absolute Gasteiger partial charge is 0.497 e. The lowest BCUT2D eigenvalue weighted by Gasteiger charge is -2.24. The summed E-state index contributed by atoms with van der Waals surface area (Å²) in [6.45, 7) is 6.24. The maximum Gasteiger partial charge on any atom is 0.243 e. The molecule has 0 spiro atoms. The zero-order valence-electron chi connectivity index (χ0n) is 18.2. The first kappa shape index (κ1) is 23.7. The lowest BCUT2D eigenvalue weighted by Crippen LogP contribution is -2.41. The molecule has 0 unspecified atom stereocenters. The van der Waals surface area contributed by atoms with E-state index < -0.39 is 10.0 Å². The van der Waals surface area contributed by atoms with E-state index in [0.29, 0.717) is 18.9 Å². The molecule has 0 aliphatic carbocycles. The molecule has 2 aromatic carbocycles. The Bertz CT molecular complexity index is 958. The van der Waals surface area contributed by atoms with Crippen molar-refractivity contribution in [2.75, 3.05) is 33.9 Å². The summed E-state index contributed by atoms with van der Waals surface area (Å²) in [6, 6.07) is 12.1. The second-order valence-corrected chi connectivity index (χ2v) is 8.83. The second kappa shape index (κ2) is 10.4. The predicted octanol–water partition coefficient (Wildman–Crippen LogP) is 3.07. The van der Waals surface area contributed by atoms with Crippen LogP contribution in [0.2, 0.25) is 0 Å². The van der Waals surface area contributed by atoms with E-state index in [1.54, 1.807) is 40.1 Å². The van der Waals surface area contributed by atoms with Crippen LogP contribution in [0, 0.1) is 6.92 Å². The minimum Gasteiger partial charge on any atom is -0.497 e. The standard InChI is InChI=1S/C22H30N2O5S/c1-6-24(30(26,27)20-12-13-21(29-7-2)17(3)14-20)16-22(25)23(4)15-18-8-10-19(28-5)11-9-18/h8-14H,6-7,15-16H2,1-5H3. The molecule has 0 aromatic heterocycles. The molecule has 0 aliphatic rings. The lowest BCUT2D eigenvalue weighted by atomic mass is 10.2. The molecule has 0 fully saturated rings. The van der Waals surface area contributed by atoms with E-state index in [-0.39, 0.29) is 23.9 Å². The number of hydrogen-bond acceptors (Lipinski definition) is 5. The van der Waals surface area contributed by atoms with Crippen molar-refractivity contribution in [1.82, 2.24) is 9.21 Å². The normalized spacial score (nSPS) is 11.4. The van der Waals surface area contributed by atoms with Crippen LogP contribution in [0.3, 0.4) is 0 Å². The molecule has 164 valence electrons. The predicted molar refractivity (Wildman–Crippen MR) is 116 cm³/mol. The quantitative estimate of drug-likeness (QED) is 0.574. The molecule has 1 amide bonds. The molecule has 2 rings (SSSR count). The number of sulfonamides is 1. The van der Waals surface area contributed by atoms with Crippen LogP contribution in [0.5, 0.6) is 11.5 Å². The van der Waals surface area contributed by atoms with Crippen LogP contribution in [0.25, 0.3) is 0 Å². The van der Waals surface area contributed by atoms with E-state index in [9.17, 15) is 13.2 Å². The Morgan fingerprint density at radius 2 is 1.73 bits per heavy atom. The second-order valence-electron chi connectivity index (χ2n) is 6.89. The fourth-order valence-corrected chi connectivity index (χ4v) is 4.46. The third kappa shape index (κ3) is 5.73. The molecule has 30 heavy (non-hydrogen) atoms. The van der Waals surface area contributed by atoms with Gasteiger partial charge in [-0.25, -0.2) is 8.42 Å². The van der Waals surface area contributed by atoms with Crippen LogP contribution in [-0.4, -0.2) is 57.4 Å². The third-order valence-electron chi connectivity index (χ3n) is 4.75. The van der Waals surface area contributed by atoms with Gasteiger partial charge in [-0.3, -0.25) is 4.79 Å². The van der Waals surface area contributed by atoms with Gasteiger partial charge in [0.05, 0.1) is 25.2 Å². The summed E-state index contributed by atoms with van der Waals surface area (Å²) in [4.78, 5) is 14.4. The molecule has 0 saturated heterocycles. The van der Waals surface area contributed by atoms with Gasteiger partial charge in [0.2, 0.25) is 15.9 Å². The first-order chi connectivity index (χ1) is 14.2. The highest BCUT2D eigenvalue weighted by molar-refractivity contribution is 7.89. The van der Waals surface area contributed by atoms with Crippen molar-refractivity contribution in [3.05, 3.63) is 53.6 Å². The molecular weight excluding hydrogens is 404 g/mol. The van der Waals surface area contributed by atoms with Gasteiger partial charge in [-0.15, -0.1) is 0 Å². The number of benzene rings is 2. The fourth-order valence-electron chi connectivity index (χ4n) is 2.98. The fraction of sp³-hybridized carbons (Fsp3) is 0.409. The Labute approximate surface area is 179 Å². The molecule has 2 aromatic rings. The van der Waals surface area contributed by atoms with Crippen LogP contribution in [-0.2, 0) is 21.4 Å². The monoisotopic (exact) mass is 434 g/mol. The van der Waals surface area contributed by atoms with E-state index in [4.69, 9.17) is 9.47 Å².